The van der Waals surface area contributed by atoms with Crippen LogP contribution < -0.4 is 5.73 Å². The lowest BCUT2D eigenvalue weighted by atomic mass is 10.5. The number of aliphatic carboxylic acids is 1. The van der Waals surface area contributed by atoms with Crippen LogP contribution in [0, 0.1) is 0 Å². The second-order valence-corrected chi connectivity index (χ2v) is 2.73. The van der Waals surface area contributed by atoms with Crippen LogP contribution in [0.25, 0.3) is 0 Å². The molecule has 0 saturated carbocycles. The van der Waals surface area contributed by atoms with Gasteiger partial charge in [-0.25, -0.2) is 4.79 Å². The molecule has 3 N–H and O–H groups in total. The Balaban J connectivity index is 0. The lowest BCUT2D eigenvalue weighted by Crippen LogP contribution is -2.33. The number of carbonyl (C=O) groups is 2. The van der Waals surface area contributed by atoms with Crippen molar-refractivity contribution >= 4 is 11.9 Å². The highest BCUT2D eigenvalue weighted by Gasteiger charge is 2.38. The van der Waals surface area contributed by atoms with Gasteiger partial charge in [0.15, 0.2) is 0 Å². The minimum absolute atomic E-state index is 0.251. The minimum atomic E-state index is -5.08. The molecule has 0 spiro atoms. The molecule has 1 amide bonds. The number of halogens is 3. The molecule has 0 aliphatic heterocycles. The summed E-state index contributed by atoms with van der Waals surface area (Å²) in [5.41, 5.74) is 4.96. The highest BCUT2D eigenvalue weighted by molar-refractivity contribution is 5.75. The first kappa shape index (κ1) is 17.1. The van der Waals surface area contributed by atoms with Gasteiger partial charge >= 0.3 is 12.1 Å². The normalized spacial score (nSPS) is 10.6. The fourth-order valence-electron chi connectivity index (χ4n) is 0.668. The van der Waals surface area contributed by atoms with Gasteiger partial charge in [0.05, 0.1) is 6.54 Å². The van der Waals surface area contributed by atoms with Crippen molar-refractivity contribution in [2.24, 2.45) is 5.73 Å². The number of hydrogen-bond acceptors (Lipinski definition) is 3. The van der Waals surface area contributed by atoms with E-state index < -0.39 is 12.1 Å². The number of amides is 1. The van der Waals surface area contributed by atoms with Crippen molar-refractivity contribution < 1.29 is 27.9 Å². The summed E-state index contributed by atoms with van der Waals surface area (Å²) in [6.07, 6.45) is -5.08. The number of rotatable bonds is 4. The van der Waals surface area contributed by atoms with E-state index in [4.69, 9.17) is 15.6 Å². The van der Waals surface area contributed by atoms with Gasteiger partial charge in [0.2, 0.25) is 5.91 Å². The number of likely N-dealkylation sites (N-methyl/N-ethyl adjacent to an activating group) is 1. The molecule has 0 aliphatic rings. The van der Waals surface area contributed by atoms with E-state index in [1.807, 2.05) is 18.7 Å². The van der Waals surface area contributed by atoms with Gasteiger partial charge in [0.1, 0.15) is 0 Å². The Morgan fingerprint density at radius 1 is 1.25 bits per heavy atom. The third kappa shape index (κ3) is 10.8. The second-order valence-electron chi connectivity index (χ2n) is 2.73. The van der Waals surface area contributed by atoms with Crippen molar-refractivity contribution in [1.29, 1.82) is 0 Å². The Bertz CT molecular complexity index is 227. The predicted molar refractivity (Wildman–Crippen MR) is 50.7 cm³/mol. The first-order chi connectivity index (χ1) is 7.15. The first-order valence-corrected chi connectivity index (χ1v) is 4.45. The molecule has 0 heterocycles. The van der Waals surface area contributed by atoms with Crippen molar-refractivity contribution in [3.8, 4) is 0 Å². The lowest BCUT2D eigenvalue weighted by Gasteiger charge is -2.14. The number of carboxylic acid groups (broad SMARTS) is 1. The smallest absolute Gasteiger partial charge is 0.475 e. The molecule has 0 bridgehead atoms. The van der Waals surface area contributed by atoms with Crippen molar-refractivity contribution in [3.05, 3.63) is 0 Å². The summed E-state index contributed by atoms with van der Waals surface area (Å²) in [5.74, 6) is -3.01. The lowest BCUT2D eigenvalue weighted by molar-refractivity contribution is -0.192. The summed E-state index contributed by atoms with van der Waals surface area (Å²) in [7, 11) is 0. The summed E-state index contributed by atoms with van der Waals surface area (Å²) >= 11 is 0. The van der Waals surface area contributed by atoms with E-state index in [2.05, 4.69) is 0 Å². The van der Waals surface area contributed by atoms with Crippen molar-refractivity contribution in [2.45, 2.75) is 20.0 Å². The number of carbonyl (C=O) groups excluding carboxylic acids is 1. The van der Waals surface area contributed by atoms with Crippen LogP contribution in [0.3, 0.4) is 0 Å². The quantitative estimate of drug-likeness (QED) is 0.752. The Kier molecular flexibility index (Phi) is 8.46. The Hall–Kier alpha value is -1.31. The second kappa shape index (κ2) is 7.91. The largest absolute Gasteiger partial charge is 0.490 e. The maximum atomic E-state index is 10.6. The van der Waals surface area contributed by atoms with Crippen LogP contribution in [-0.2, 0) is 9.59 Å². The van der Waals surface area contributed by atoms with Crippen LogP contribution in [0.4, 0.5) is 13.2 Å². The fourth-order valence-corrected chi connectivity index (χ4v) is 0.668. The third-order valence-corrected chi connectivity index (χ3v) is 1.52. The molecular weight excluding hydrogens is 229 g/mol. The van der Waals surface area contributed by atoms with Crippen molar-refractivity contribution in [2.75, 3.05) is 19.6 Å². The van der Waals surface area contributed by atoms with Crippen LogP contribution in [0.2, 0.25) is 0 Å². The van der Waals surface area contributed by atoms with E-state index in [0.717, 1.165) is 13.1 Å². The van der Waals surface area contributed by atoms with Gasteiger partial charge in [-0.1, -0.05) is 13.8 Å². The number of nitrogens with two attached hydrogens (primary N) is 1. The van der Waals surface area contributed by atoms with Gasteiger partial charge in [-0.15, -0.1) is 0 Å². The molecule has 8 heteroatoms. The zero-order chi connectivity index (χ0) is 13.4. The van der Waals surface area contributed by atoms with Gasteiger partial charge in [-0.3, -0.25) is 9.69 Å². The molecule has 0 rings (SSSR count). The fraction of sp³-hybridized carbons (Fsp3) is 0.750. The highest BCUT2D eigenvalue weighted by Crippen LogP contribution is 2.13. The number of nitrogens with zero attached hydrogens (tertiary/aromatic N) is 1. The molecule has 0 atom stereocenters. The van der Waals surface area contributed by atoms with E-state index in [0.29, 0.717) is 6.54 Å². The summed E-state index contributed by atoms with van der Waals surface area (Å²) in [6.45, 7) is 6.17. The number of primary amides is 1. The maximum Gasteiger partial charge on any atom is 0.490 e. The van der Waals surface area contributed by atoms with Crippen LogP contribution in [0.15, 0.2) is 0 Å². The zero-order valence-corrected chi connectivity index (χ0v) is 9.04. The molecule has 0 aliphatic carbocycles. The molecule has 0 aromatic heterocycles. The van der Waals surface area contributed by atoms with E-state index in [1.165, 1.54) is 0 Å². The molecular formula is C8H15F3N2O3. The van der Waals surface area contributed by atoms with Crippen LogP contribution in [0.1, 0.15) is 13.8 Å². The van der Waals surface area contributed by atoms with Gasteiger partial charge in [-0.05, 0) is 13.1 Å². The van der Waals surface area contributed by atoms with Crippen LogP contribution >= 0.6 is 0 Å². The molecule has 0 unspecified atom stereocenters. The van der Waals surface area contributed by atoms with E-state index >= 15 is 0 Å². The molecule has 0 fully saturated rings. The Morgan fingerprint density at radius 2 is 1.56 bits per heavy atom. The summed E-state index contributed by atoms with van der Waals surface area (Å²) in [5, 5.41) is 7.12. The SMILES string of the molecule is CCN(CC)CC(N)=O.O=C(O)C(F)(F)F. The van der Waals surface area contributed by atoms with E-state index in [9.17, 15) is 18.0 Å². The van der Waals surface area contributed by atoms with Crippen molar-refractivity contribution in [3.63, 3.8) is 0 Å². The third-order valence-electron chi connectivity index (χ3n) is 1.52. The van der Waals surface area contributed by atoms with Crippen LogP contribution in [0.5, 0.6) is 0 Å². The Morgan fingerprint density at radius 3 is 1.62 bits per heavy atom. The zero-order valence-electron chi connectivity index (χ0n) is 9.04. The minimum Gasteiger partial charge on any atom is -0.475 e. The number of alkyl halides is 3. The van der Waals surface area contributed by atoms with Gasteiger partial charge in [0, 0.05) is 0 Å². The van der Waals surface area contributed by atoms with Crippen LogP contribution in [-0.4, -0.2) is 47.7 Å². The summed E-state index contributed by atoms with van der Waals surface area (Å²) in [6, 6.07) is 0. The monoisotopic (exact) mass is 244 g/mol. The molecule has 16 heavy (non-hydrogen) atoms. The van der Waals surface area contributed by atoms with Gasteiger partial charge in [0.25, 0.3) is 0 Å². The topological polar surface area (TPSA) is 83.6 Å². The number of hydrogen-bond donors (Lipinski definition) is 2. The average molecular weight is 244 g/mol. The molecule has 0 saturated heterocycles. The van der Waals surface area contributed by atoms with E-state index in [-0.39, 0.29) is 5.91 Å². The number of carboxylic acids is 1. The maximum absolute atomic E-state index is 10.6. The standard InChI is InChI=1S/C6H14N2O.C2HF3O2/c1-3-8(4-2)5-6(7)9;3-2(4,5)1(6)7/h3-5H2,1-2H3,(H2,7,9);(H,6,7). The van der Waals surface area contributed by atoms with Crippen molar-refractivity contribution in [1.82, 2.24) is 4.90 Å². The average Bonchev–Trinajstić information content (AvgIpc) is 2.13. The molecule has 0 aromatic carbocycles. The summed E-state index contributed by atoms with van der Waals surface area (Å²) in [4.78, 5) is 21.2. The molecule has 5 nitrogen and oxygen atoms in total. The predicted octanol–water partition coefficient (Wildman–Crippen LogP) is 0.447. The molecule has 0 aromatic rings. The first-order valence-electron chi connectivity index (χ1n) is 4.45. The van der Waals surface area contributed by atoms with Gasteiger partial charge < -0.3 is 10.8 Å². The van der Waals surface area contributed by atoms with E-state index in [1.54, 1.807) is 0 Å². The molecule has 0 radical (unpaired) electrons. The van der Waals surface area contributed by atoms with Gasteiger partial charge in [-0.2, -0.15) is 13.2 Å². The molecule has 96 valence electrons. The summed E-state index contributed by atoms with van der Waals surface area (Å²) < 4.78 is 31.7. The Labute approximate surface area is 91.0 Å². The highest BCUT2D eigenvalue weighted by atomic mass is 19.4.